The van der Waals surface area contributed by atoms with Gasteiger partial charge in [-0.1, -0.05) is 30.7 Å². The van der Waals surface area contributed by atoms with Crippen molar-refractivity contribution in [2.45, 2.75) is 19.4 Å². The molecule has 0 N–H and O–H groups in total. The fourth-order valence-corrected chi connectivity index (χ4v) is 1.67. The Kier molecular flexibility index (Phi) is 3.54. The molecule has 0 spiro atoms. The largest absolute Gasteiger partial charge is 0.297 e. The van der Waals surface area contributed by atoms with Crippen LogP contribution in [0, 0.1) is 0 Å². The first-order chi connectivity index (χ1) is 8.16. The van der Waals surface area contributed by atoms with Gasteiger partial charge in [0.2, 0.25) is 0 Å². The zero-order chi connectivity index (χ0) is 12.3. The molecule has 2 rings (SSSR count). The first-order valence-electron chi connectivity index (χ1n) is 5.27. The Morgan fingerprint density at radius 3 is 2.71 bits per heavy atom. The monoisotopic (exact) mass is 249 g/mol. The molecule has 1 aromatic heterocycles. The predicted molar refractivity (Wildman–Crippen MR) is 64.9 cm³/mol. The van der Waals surface area contributed by atoms with Crippen molar-refractivity contribution < 1.29 is 4.79 Å². The van der Waals surface area contributed by atoms with Crippen LogP contribution in [0.5, 0.6) is 0 Å². The lowest BCUT2D eigenvalue weighted by Crippen LogP contribution is -2.16. The third kappa shape index (κ3) is 2.91. The van der Waals surface area contributed by atoms with Gasteiger partial charge in [-0.15, -0.1) is 0 Å². The molecule has 5 heteroatoms. The van der Waals surface area contributed by atoms with Crippen molar-refractivity contribution in [3.8, 4) is 0 Å². The van der Waals surface area contributed by atoms with E-state index in [1.54, 1.807) is 12.1 Å². The van der Waals surface area contributed by atoms with Crippen LogP contribution in [-0.2, 0) is 11.3 Å². The molecule has 1 heterocycles. The minimum absolute atomic E-state index is 0.0952. The van der Waals surface area contributed by atoms with E-state index in [-0.39, 0.29) is 18.2 Å². The van der Waals surface area contributed by atoms with Crippen LogP contribution in [0.1, 0.15) is 18.4 Å². The number of nitrogens with zero attached hydrogens (tertiary/aromatic N) is 3. The van der Waals surface area contributed by atoms with Crippen molar-refractivity contribution in [3.63, 3.8) is 0 Å². The van der Waals surface area contributed by atoms with Crippen LogP contribution in [0.15, 0.2) is 36.9 Å². The Bertz CT molecular complexity index is 493. The lowest BCUT2D eigenvalue weighted by atomic mass is 9.97. The Hall–Kier alpha value is -1.68. The molecule has 1 aromatic carbocycles. The molecule has 0 radical (unpaired) electrons. The summed E-state index contributed by atoms with van der Waals surface area (Å²) in [5, 5.41) is 4.58. The van der Waals surface area contributed by atoms with E-state index in [1.165, 1.54) is 17.3 Å². The van der Waals surface area contributed by atoms with E-state index >= 15 is 0 Å². The summed E-state index contributed by atoms with van der Waals surface area (Å²) < 4.78 is 1.52. The lowest BCUT2D eigenvalue weighted by Gasteiger charge is -2.10. The van der Waals surface area contributed by atoms with Gasteiger partial charge in [0.1, 0.15) is 19.2 Å². The lowest BCUT2D eigenvalue weighted by molar-refractivity contribution is -0.120. The van der Waals surface area contributed by atoms with Gasteiger partial charge >= 0.3 is 0 Å². The highest BCUT2D eigenvalue weighted by molar-refractivity contribution is 6.30. The number of benzene rings is 1. The number of ketones is 1. The maximum Gasteiger partial charge on any atom is 0.161 e. The second-order valence-electron chi connectivity index (χ2n) is 3.83. The molecular weight excluding hydrogens is 238 g/mol. The summed E-state index contributed by atoms with van der Waals surface area (Å²) in [5.41, 5.74) is 0.958. The zero-order valence-electron chi connectivity index (χ0n) is 9.38. The van der Waals surface area contributed by atoms with Gasteiger partial charge in [0.25, 0.3) is 0 Å². The smallest absolute Gasteiger partial charge is 0.161 e. The van der Waals surface area contributed by atoms with Gasteiger partial charge in [0.15, 0.2) is 5.78 Å². The molecule has 88 valence electrons. The first kappa shape index (κ1) is 11.8. The SMILES string of the molecule is CC(C(=O)Cn1cncn1)c1ccc(Cl)cc1. The van der Waals surface area contributed by atoms with Gasteiger partial charge < -0.3 is 0 Å². The number of Topliss-reactive ketones (excluding diaryl/α,β-unsaturated/α-hetero) is 1. The Morgan fingerprint density at radius 2 is 2.12 bits per heavy atom. The molecule has 0 bridgehead atoms. The van der Waals surface area contributed by atoms with Crippen LogP contribution in [0.2, 0.25) is 5.02 Å². The van der Waals surface area contributed by atoms with Crippen LogP contribution < -0.4 is 0 Å². The molecule has 0 fully saturated rings. The normalized spacial score (nSPS) is 12.4. The molecule has 1 unspecified atom stereocenters. The fraction of sp³-hybridized carbons (Fsp3) is 0.250. The summed E-state index contributed by atoms with van der Waals surface area (Å²) in [6.45, 7) is 2.12. The Morgan fingerprint density at radius 1 is 1.41 bits per heavy atom. The molecule has 0 aliphatic heterocycles. The number of rotatable bonds is 4. The van der Waals surface area contributed by atoms with Gasteiger partial charge in [-0.2, -0.15) is 5.10 Å². The highest BCUT2D eigenvalue weighted by Crippen LogP contribution is 2.19. The molecule has 4 nitrogen and oxygen atoms in total. The molecule has 17 heavy (non-hydrogen) atoms. The van der Waals surface area contributed by atoms with Crippen molar-refractivity contribution in [3.05, 3.63) is 47.5 Å². The van der Waals surface area contributed by atoms with E-state index in [0.717, 1.165) is 5.56 Å². The van der Waals surface area contributed by atoms with Crippen LogP contribution in [0.4, 0.5) is 0 Å². The zero-order valence-corrected chi connectivity index (χ0v) is 10.1. The number of halogens is 1. The third-order valence-corrected chi connectivity index (χ3v) is 2.89. The second kappa shape index (κ2) is 5.10. The van der Waals surface area contributed by atoms with Crippen LogP contribution in [-0.4, -0.2) is 20.5 Å². The van der Waals surface area contributed by atoms with E-state index in [0.29, 0.717) is 5.02 Å². The summed E-state index contributed by atoms with van der Waals surface area (Å²) in [7, 11) is 0. The highest BCUT2D eigenvalue weighted by Gasteiger charge is 2.15. The topological polar surface area (TPSA) is 47.8 Å². The molecule has 0 saturated carbocycles. The number of hydrogen-bond acceptors (Lipinski definition) is 3. The van der Waals surface area contributed by atoms with Crippen molar-refractivity contribution in [1.82, 2.24) is 14.8 Å². The summed E-state index contributed by atoms with van der Waals surface area (Å²) in [6, 6.07) is 7.31. The number of carbonyl (C=O) groups is 1. The van der Waals surface area contributed by atoms with Gasteiger partial charge in [-0.05, 0) is 17.7 Å². The first-order valence-corrected chi connectivity index (χ1v) is 5.65. The average Bonchev–Trinajstić information content (AvgIpc) is 2.82. The minimum atomic E-state index is -0.170. The van der Waals surface area contributed by atoms with Crippen molar-refractivity contribution >= 4 is 17.4 Å². The number of hydrogen-bond donors (Lipinski definition) is 0. The average molecular weight is 250 g/mol. The molecule has 2 aromatic rings. The quantitative estimate of drug-likeness (QED) is 0.835. The van der Waals surface area contributed by atoms with Gasteiger partial charge in [0.05, 0.1) is 0 Å². The summed E-state index contributed by atoms with van der Waals surface area (Å²) in [6.07, 6.45) is 2.95. The van der Waals surface area contributed by atoms with Gasteiger partial charge in [-0.3, -0.25) is 4.79 Å². The van der Waals surface area contributed by atoms with Gasteiger partial charge in [0, 0.05) is 10.9 Å². The van der Waals surface area contributed by atoms with E-state index in [2.05, 4.69) is 10.1 Å². The summed E-state index contributed by atoms with van der Waals surface area (Å²) >= 11 is 5.80. The minimum Gasteiger partial charge on any atom is -0.297 e. The van der Waals surface area contributed by atoms with Gasteiger partial charge in [-0.25, -0.2) is 9.67 Å². The molecule has 0 aliphatic rings. The van der Waals surface area contributed by atoms with E-state index in [1.807, 2.05) is 19.1 Å². The van der Waals surface area contributed by atoms with E-state index in [4.69, 9.17) is 11.6 Å². The van der Waals surface area contributed by atoms with Crippen molar-refractivity contribution in [2.75, 3.05) is 0 Å². The van der Waals surface area contributed by atoms with Crippen LogP contribution in [0.3, 0.4) is 0 Å². The second-order valence-corrected chi connectivity index (χ2v) is 4.27. The standard InChI is InChI=1S/C12H12ClN3O/c1-9(10-2-4-11(13)5-3-10)12(17)6-16-8-14-7-15-16/h2-5,7-9H,6H2,1H3. The Labute approximate surface area is 104 Å². The molecule has 0 saturated heterocycles. The molecule has 0 amide bonds. The van der Waals surface area contributed by atoms with Crippen molar-refractivity contribution in [1.29, 1.82) is 0 Å². The molecular formula is C12H12ClN3O. The number of aromatic nitrogens is 3. The number of carbonyl (C=O) groups excluding carboxylic acids is 1. The third-order valence-electron chi connectivity index (χ3n) is 2.64. The maximum atomic E-state index is 12.0. The molecule has 1 atom stereocenters. The summed E-state index contributed by atoms with van der Waals surface area (Å²) in [4.78, 5) is 15.8. The van der Waals surface area contributed by atoms with E-state index in [9.17, 15) is 4.79 Å². The fourth-order valence-electron chi connectivity index (χ4n) is 1.55. The highest BCUT2D eigenvalue weighted by atomic mass is 35.5. The Balaban J connectivity index is 2.07. The van der Waals surface area contributed by atoms with E-state index < -0.39 is 0 Å². The summed E-state index contributed by atoms with van der Waals surface area (Å²) in [5.74, 6) is -0.0747. The van der Waals surface area contributed by atoms with Crippen LogP contribution >= 0.6 is 11.6 Å². The van der Waals surface area contributed by atoms with Crippen molar-refractivity contribution in [2.24, 2.45) is 0 Å². The van der Waals surface area contributed by atoms with Crippen LogP contribution in [0.25, 0.3) is 0 Å². The maximum absolute atomic E-state index is 12.0. The predicted octanol–water partition coefficient (Wildman–Crippen LogP) is 2.30. The molecule has 0 aliphatic carbocycles.